The highest BCUT2D eigenvalue weighted by Crippen LogP contribution is 2.27. The fourth-order valence-corrected chi connectivity index (χ4v) is 1.85. The van der Waals surface area contributed by atoms with Gasteiger partial charge in [-0.15, -0.1) is 0 Å². The first-order chi connectivity index (χ1) is 8.20. The highest BCUT2D eigenvalue weighted by molar-refractivity contribution is 5.85. The molecule has 5 heteroatoms. The monoisotopic (exact) mass is 236 g/mol. The van der Waals surface area contributed by atoms with Gasteiger partial charge in [0, 0.05) is 19.1 Å². The zero-order chi connectivity index (χ0) is 12.3. The predicted molar refractivity (Wildman–Crippen MR) is 61.7 cm³/mol. The van der Waals surface area contributed by atoms with Crippen LogP contribution in [0.3, 0.4) is 0 Å². The van der Waals surface area contributed by atoms with Gasteiger partial charge in [0.15, 0.2) is 0 Å². The molecular formula is C12H16N2O3. The summed E-state index contributed by atoms with van der Waals surface area (Å²) in [5, 5.41) is 17.8. The predicted octanol–water partition coefficient (Wildman–Crippen LogP) is 0.736. The van der Waals surface area contributed by atoms with Gasteiger partial charge in [-0.2, -0.15) is 0 Å². The molecule has 2 rings (SSSR count). The van der Waals surface area contributed by atoms with Crippen LogP contribution in [-0.4, -0.2) is 45.3 Å². The molecule has 0 radical (unpaired) electrons. The highest BCUT2D eigenvalue weighted by atomic mass is 16.4. The molecule has 1 fully saturated rings. The van der Waals surface area contributed by atoms with Crippen LogP contribution in [0.4, 0.5) is 0 Å². The quantitative estimate of drug-likeness (QED) is 0.762. The van der Waals surface area contributed by atoms with Crippen molar-refractivity contribution in [2.75, 3.05) is 13.2 Å². The molecule has 1 aliphatic carbocycles. The van der Waals surface area contributed by atoms with Crippen molar-refractivity contribution in [2.45, 2.75) is 25.4 Å². The first kappa shape index (κ1) is 12.0. The Labute approximate surface area is 99.7 Å². The lowest BCUT2D eigenvalue weighted by atomic mass is 10.3. The molecular weight excluding hydrogens is 220 g/mol. The van der Waals surface area contributed by atoms with Gasteiger partial charge in [-0.05, 0) is 25.0 Å². The molecule has 92 valence electrons. The van der Waals surface area contributed by atoms with E-state index >= 15 is 0 Å². The molecule has 1 aromatic heterocycles. The van der Waals surface area contributed by atoms with E-state index < -0.39 is 5.97 Å². The van der Waals surface area contributed by atoms with Crippen molar-refractivity contribution in [3.63, 3.8) is 0 Å². The summed E-state index contributed by atoms with van der Waals surface area (Å²) in [4.78, 5) is 17.0. The van der Waals surface area contributed by atoms with Crippen LogP contribution < -0.4 is 0 Å². The van der Waals surface area contributed by atoms with E-state index in [1.54, 1.807) is 6.07 Å². The highest BCUT2D eigenvalue weighted by Gasteiger charge is 2.28. The van der Waals surface area contributed by atoms with Crippen LogP contribution >= 0.6 is 0 Å². The summed E-state index contributed by atoms with van der Waals surface area (Å²) in [6.45, 7) is 1.34. The van der Waals surface area contributed by atoms with Crippen LogP contribution in [0, 0.1) is 0 Å². The minimum atomic E-state index is -1.01. The summed E-state index contributed by atoms with van der Waals surface area (Å²) in [5.41, 5.74) is 0.812. The Bertz CT molecular complexity index is 404. The van der Waals surface area contributed by atoms with Crippen molar-refractivity contribution in [3.05, 3.63) is 29.6 Å². The number of aliphatic hydroxyl groups is 1. The summed E-state index contributed by atoms with van der Waals surface area (Å²) in [6.07, 6.45) is 2.30. The molecule has 1 heterocycles. The molecule has 17 heavy (non-hydrogen) atoms. The van der Waals surface area contributed by atoms with E-state index in [2.05, 4.69) is 9.88 Å². The standard InChI is InChI=1S/C12H16N2O3/c15-7-6-14(10-4-5-10)8-9-2-1-3-11(13-9)12(16)17/h1-3,10,15H,4-8H2,(H,16,17). The van der Waals surface area contributed by atoms with E-state index in [4.69, 9.17) is 10.2 Å². The Morgan fingerprint density at radius 2 is 2.24 bits per heavy atom. The summed E-state index contributed by atoms with van der Waals surface area (Å²) >= 11 is 0. The van der Waals surface area contributed by atoms with Gasteiger partial charge in [0.05, 0.1) is 12.3 Å². The number of nitrogens with zero attached hydrogens (tertiary/aromatic N) is 2. The van der Waals surface area contributed by atoms with Gasteiger partial charge >= 0.3 is 5.97 Å². The van der Waals surface area contributed by atoms with Crippen LogP contribution in [0.2, 0.25) is 0 Å². The van der Waals surface area contributed by atoms with Gasteiger partial charge in [-0.25, -0.2) is 9.78 Å². The second kappa shape index (κ2) is 5.25. The third kappa shape index (κ3) is 3.25. The number of carboxylic acids is 1. The summed E-state index contributed by atoms with van der Waals surface area (Å²) in [6, 6.07) is 5.53. The molecule has 0 spiro atoms. The SMILES string of the molecule is O=C(O)c1cccc(CN(CCO)C2CC2)n1. The molecule has 0 aromatic carbocycles. The third-order valence-corrected chi connectivity index (χ3v) is 2.84. The molecule has 0 bridgehead atoms. The smallest absolute Gasteiger partial charge is 0.354 e. The van der Waals surface area contributed by atoms with Crippen LogP contribution in [0.5, 0.6) is 0 Å². The normalized spacial score (nSPS) is 15.2. The number of aromatic carboxylic acids is 1. The number of aromatic nitrogens is 1. The Morgan fingerprint density at radius 1 is 1.47 bits per heavy atom. The molecule has 1 saturated carbocycles. The molecule has 2 N–H and O–H groups in total. The number of hydrogen-bond donors (Lipinski definition) is 2. The van der Waals surface area contributed by atoms with Crippen molar-refractivity contribution in [1.82, 2.24) is 9.88 Å². The van der Waals surface area contributed by atoms with Crippen LogP contribution in [0.25, 0.3) is 0 Å². The van der Waals surface area contributed by atoms with Gasteiger partial charge in [0.2, 0.25) is 0 Å². The topological polar surface area (TPSA) is 73.7 Å². The van der Waals surface area contributed by atoms with Crippen molar-refractivity contribution in [1.29, 1.82) is 0 Å². The van der Waals surface area contributed by atoms with Gasteiger partial charge < -0.3 is 10.2 Å². The van der Waals surface area contributed by atoms with E-state index in [1.807, 2.05) is 6.07 Å². The van der Waals surface area contributed by atoms with E-state index in [1.165, 1.54) is 6.07 Å². The average Bonchev–Trinajstić information content (AvgIpc) is 3.13. The first-order valence-corrected chi connectivity index (χ1v) is 5.75. The van der Waals surface area contributed by atoms with Crippen molar-refractivity contribution < 1.29 is 15.0 Å². The van der Waals surface area contributed by atoms with Gasteiger partial charge in [0.1, 0.15) is 5.69 Å². The van der Waals surface area contributed by atoms with E-state index in [0.717, 1.165) is 18.5 Å². The lowest BCUT2D eigenvalue weighted by Gasteiger charge is -2.20. The number of carbonyl (C=O) groups is 1. The lowest BCUT2D eigenvalue weighted by Crippen LogP contribution is -2.29. The number of carboxylic acid groups (broad SMARTS) is 1. The zero-order valence-electron chi connectivity index (χ0n) is 9.54. The number of rotatable bonds is 6. The van der Waals surface area contributed by atoms with Gasteiger partial charge in [-0.1, -0.05) is 6.07 Å². The molecule has 0 atom stereocenters. The average molecular weight is 236 g/mol. The number of aliphatic hydroxyl groups excluding tert-OH is 1. The lowest BCUT2D eigenvalue weighted by molar-refractivity contribution is 0.0689. The summed E-state index contributed by atoms with van der Waals surface area (Å²) in [5.74, 6) is -1.01. The fourth-order valence-electron chi connectivity index (χ4n) is 1.85. The van der Waals surface area contributed by atoms with E-state index in [0.29, 0.717) is 19.1 Å². The van der Waals surface area contributed by atoms with Crippen molar-refractivity contribution >= 4 is 5.97 Å². The molecule has 0 saturated heterocycles. The summed E-state index contributed by atoms with van der Waals surface area (Å²) < 4.78 is 0. The minimum absolute atomic E-state index is 0.0715. The largest absolute Gasteiger partial charge is 0.477 e. The van der Waals surface area contributed by atoms with Crippen molar-refractivity contribution in [2.24, 2.45) is 0 Å². The Balaban J connectivity index is 2.05. The maximum Gasteiger partial charge on any atom is 0.354 e. The van der Waals surface area contributed by atoms with Gasteiger partial charge in [-0.3, -0.25) is 4.90 Å². The zero-order valence-corrected chi connectivity index (χ0v) is 9.54. The molecule has 1 aliphatic rings. The van der Waals surface area contributed by atoms with Gasteiger partial charge in [0.25, 0.3) is 0 Å². The van der Waals surface area contributed by atoms with Crippen molar-refractivity contribution in [3.8, 4) is 0 Å². The maximum absolute atomic E-state index is 10.8. The number of hydrogen-bond acceptors (Lipinski definition) is 4. The van der Waals surface area contributed by atoms with Crippen LogP contribution in [0.15, 0.2) is 18.2 Å². The minimum Gasteiger partial charge on any atom is -0.477 e. The molecule has 1 aromatic rings. The fraction of sp³-hybridized carbons (Fsp3) is 0.500. The Kier molecular flexibility index (Phi) is 3.71. The Hall–Kier alpha value is -1.46. The third-order valence-electron chi connectivity index (χ3n) is 2.84. The first-order valence-electron chi connectivity index (χ1n) is 5.75. The Morgan fingerprint density at radius 3 is 2.82 bits per heavy atom. The van der Waals surface area contributed by atoms with E-state index in [9.17, 15) is 4.79 Å². The molecule has 0 aliphatic heterocycles. The molecule has 5 nitrogen and oxygen atoms in total. The second-order valence-electron chi connectivity index (χ2n) is 4.24. The maximum atomic E-state index is 10.8. The second-order valence-corrected chi connectivity index (χ2v) is 4.24. The number of pyridine rings is 1. The molecule has 0 amide bonds. The summed E-state index contributed by atoms with van der Waals surface area (Å²) in [7, 11) is 0. The van der Waals surface area contributed by atoms with E-state index in [-0.39, 0.29) is 12.3 Å². The van der Waals surface area contributed by atoms with Crippen LogP contribution in [0.1, 0.15) is 29.0 Å². The van der Waals surface area contributed by atoms with Crippen LogP contribution in [-0.2, 0) is 6.54 Å². The molecule has 0 unspecified atom stereocenters.